The Bertz CT molecular complexity index is 818. The minimum absolute atomic E-state index is 0.197. The molecule has 3 saturated carbocycles. The second kappa shape index (κ2) is 11.9. The third-order valence-corrected chi connectivity index (χ3v) is 9.19. The molecule has 0 bridgehead atoms. The lowest BCUT2D eigenvalue weighted by atomic mass is 9.60. The van der Waals surface area contributed by atoms with Gasteiger partial charge in [0.2, 0.25) is 11.6 Å². The van der Waals surface area contributed by atoms with Gasteiger partial charge >= 0.3 is 5.97 Å². The Morgan fingerprint density at radius 2 is 1.41 bits per heavy atom. The molecule has 190 valence electrons. The van der Waals surface area contributed by atoms with Crippen molar-refractivity contribution in [1.82, 2.24) is 0 Å². The monoisotopic (exact) mass is 476 g/mol. The second-order valence-electron chi connectivity index (χ2n) is 11.2. The van der Waals surface area contributed by atoms with Crippen LogP contribution in [0.2, 0.25) is 0 Å². The molecule has 0 saturated heterocycles. The third kappa shape index (κ3) is 5.94. The Labute approximate surface area is 204 Å². The minimum atomic E-state index is -1.17. The van der Waals surface area contributed by atoms with Gasteiger partial charge < -0.3 is 9.47 Å². The van der Waals surface area contributed by atoms with Crippen LogP contribution in [0.15, 0.2) is 12.1 Å². The fraction of sp³-hybridized carbons (Fsp3) is 0.759. The van der Waals surface area contributed by atoms with E-state index in [0.717, 1.165) is 49.4 Å². The molecule has 34 heavy (non-hydrogen) atoms. The number of halogens is 2. The van der Waals surface area contributed by atoms with Crippen LogP contribution < -0.4 is 9.47 Å². The van der Waals surface area contributed by atoms with Crippen molar-refractivity contribution in [2.24, 2.45) is 35.5 Å². The van der Waals surface area contributed by atoms with E-state index in [2.05, 4.69) is 6.92 Å². The zero-order chi connectivity index (χ0) is 24.1. The van der Waals surface area contributed by atoms with E-state index in [1.54, 1.807) is 0 Å². The summed E-state index contributed by atoms with van der Waals surface area (Å²) in [7, 11) is 1.27. The lowest BCUT2D eigenvalue weighted by Crippen LogP contribution is -2.35. The van der Waals surface area contributed by atoms with Gasteiger partial charge in [-0.25, -0.2) is 0 Å². The van der Waals surface area contributed by atoms with E-state index >= 15 is 0 Å². The summed E-state index contributed by atoms with van der Waals surface area (Å²) in [6, 6.07) is 2.55. The van der Waals surface area contributed by atoms with Crippen LogP contribution in [0, 0.1) is 47.1 Å². The Morgan fingerprint density at radius 1 is 0.824 bits per heavy atom. The summed E-state index contributed by atoms with van der Waals surface area (Å²) in [5, 5.41) is 0. The topological polar surface area (TPSA) is 35.5 Å². The molecule has 1 aromatic rings. The zero-order valence-corrected chi connectivity index (χ0v) is 21.0. The number of methoxy groups -OCH3 is 1. The molecular formula is C29H42F2O3. The number of benzene rings is 1. The summed E-state index contributed by atoms with van der Waals surface area (Å²) >= 11 is 0. The number of ether oxygens (including phenoxy) is 2. The highest BCUT2D eigenvalue weighted by Crippen LogP contribution is 2.49. The highest BCUT2D eigenvalue weighted by atomic mass is 19.2. The number of carbonyl (C=O) groups is 1. The summed E-state index contributed by atoms with van der Waals surface area (Å²) < 4.78 is 38.1. The maximum atomic E-state index is 14.2. The van der Waals surface area contributed by atoms with Crippen molar-refractivity contribution in [3.05, 3.63) is 23.8 Å². The first-order valence-corrected chi connectivity index (χ1v) is 13.7. The zero-order valence-electron chi connectivity index (χ0n) is 21.0. The normalized spacial score (nSPS) is 31.5. The van der Waals surface area contributed by atoms with Crippen molar-refractivity contribution in [1.29, 1.82) is 0 Å². The Balaban J connectivity index is 1.22. The molecule has 0 amide bonds. The van der Waals surface area contributed by atoms with Crippen LogP contribution >= 0.6 is 0 Å². The van der Waals surface area contributed by atoms with Crippen molar-refractivity contribution >= 4 is 5.97 Å². The third-order valence-electron chi connectivity index (χ3n) is 9.19. The number of rotatable bonds is 8. The summed E-state index contributed by atoms with van der Waals surface area (Å²) in [5.74, 6) is 0.814. The van der Waals surface area contributed by atoms with Gasteiger partial charge in [0.05, 0.1) is 13.0 Å². The highest BCUT2D eigenvalue weighted by molar-refractivity contribution is 5.75. The van der Waals surface area contributed by atoms with E-state index < -0.39 is 17.6 Å². The van der Waals surface area contributed by atoms with Gasteiger partial charge in [0.15, 0.2) is 11.5 Å². The van der Waals surface area contributed by atoms with Gasteiger partial charge in [0, 0.05) is 0 Å². The fourth-order valence-electron chi connectivity index (χ4n) is 7.16. The van der Waals surface area contributed by atoms with Crippen molar-refractivity contribution in [3.8, 4) is 11.5 Å². The molecule has 3 nitrogen and oxygen atoms in total. The molecule has 0 aromatic heterocycles. The molecule has 3 aliphatic carbocycles. The lowest BCUT2D eigenvalue weighted by molar-refractivity contribution is -0.140. The van der Waals surface area contributed by atoms with Gasteiger partial charge in [-0.05, 0) is 99.5 Å². The molecule has 1 aromatic carbocycles. The van der Waals surface area contributed by atoms with Gasteiger partial charge in [-0.15, -0.1) is 0 Å². The summed E-state index contributed by atoms with van der Waals surface area (Å²) in [5.41, 5.74) is 0. The minimum Gasteiger partial charge on any atom is -0.494 e. The highest BCUT2D eigenvalue weighted by Gasteiger charge is 2.39. The molecule has 0 spiro atoms. The second-order valence-corrected chi connectivity index (χ2v) is 11.2. The molecule has 4 rings (SSSR count). The maximum absolute atomic E-state index is 14.2. The summed E-state index contributed by atoms with van der Waals surface area (Å²) in [6.07, 6.45) is 17.6. The number of fused-ring (bicyclic) bond motifs is 1. The average molecular weight is 477 g/mol. The van der Waals surface area contributed by atoms with E-state index in [1.807, 2.05) is 0 Å². The van der Waals surface area contributed by atoms with Crippen LogP contribution in [0.4, 0.5) is 8.78 Å². The van der Waals surface area contributed by atoms with E-state index in [9.17, 15) is 13.6 Å². The van der Waals surface area contributed by atoms with E-state index in [4.69, 9.17) is 9.47 Å². The lowest BCUT2D eigenvalue weighted by Gasteiger charge is -2.45. The maximum Gasteiger partial charge on any atom is 0.314 e. The molecular weight excluding hydrogens is 434 g/mol. The van der Waals surface area contributed by atoms with Gasteiger partial charge in [0.25, 0.3) is 0 Å². The molecule has 0 heterocycles. The predicted molar refractivity (Wildman–Crippen MR) is 130 cm³/mol. The van der Waals surface area contributed by atoms with Crippen LogP contribution in [0.5, 0.6) is 11.5 Å². The van der Waals surface area contributed by atoms with Crippen molar-refractivity contribution in [2.75, 3.05) is 7.11 Å². The number of hydrogen-bond acceptors (Lipinski definition) is 3. The average Bonchev–Trinajstić information content (AvgIpc) is 2.87. The number of unbranched alkanes of at least 4 members (excludes halogenated alkanes) is 2. The van der Waals surface area contributed by atoms with Crippen molar-refractivity contribution in [3.63, 3.8) is 0 Å². The van der Waals surface area contributed by atoms with E-state index in [-0.39, 0.29) is 17.4 Å². The van der Waals surface area contributed by atoms with Crippen LogP contribution in [-0.2, 0) is 4.79 Å². The quantitative estimate of drug-likeness (QED) is 0.216. The van der Waals surface area contributed by atoms with Crippen molar-refractivity contribution < 1.29 is 23.0 Å². The first-order valence-electron chi connectivity index (χ1n) is 13.7. The first kappa shape index (κ1) is 25.4. The molecule has 4 atom stereocenters. The number of carbonyl (C=O) groups excluding carboxylic acids is 1. The smallest absolute Gasteiger partial charge is 0.314 e. The van der Waals surface area contributed by atoms with Crippen molar-refractivity contribution in [2.45, 2.75) is 96.8 Å². The van der Waals surface area contributed by atoms with Gasteiger partial charge in [-0.1, -0.05) is 39.0 Å². The molecule has 0 radical (unpaired) electrons. The SMILES string of the molecule is CCCCCC1CCC2CC(C3CCC(C(=O)Oc4ccc(OC)c(F)c4F)CC3)CCC2C1. The molecule has 0 aliphatic heterocycles. The van der Waals surface area contributed by atoms with Gasteiger partial charge in [-0.3, -0.25) is 4.79 Å². The standard InChI is InChI=1S/C29H42F2O3/c1-3-4-5-6-19-7-8-24-18-23(14-13-22(24)17-19)20-9-11-21(12-10-20)29(32)34-26-16-15-25(33-2)27(30)28(26)31/h15-16,19-24H,3-14,17-18H2,1-2H3. The Kier molecular flexibility index (Phi) is 8.87. The largest absolute Gasteiger partial charge is 0.494 e. The Hall–Kier alpha value is -1.65. The predicted octanol–water partition coefficient (Wildman–Crippen LogP) is 8.10. The molecule has 3 fully saturated rings. The van der Waals surface area contributed by atoms with E-state index in [0.29, 0.717) is 5.92 Å². The number of hydrogen-bond donors (Lipinski definition) is 0. The van der Waals surface area contributed by atoms with Crippen LogP contribution in [0.3, 0.4) is 0 Å². The van der Waals surface area contributed by atoms with Gasteiger partial charge in [0.1, 0.15) is 0 Å². The van der Waals surface area contributed by atoms with Gasteiger partial charge in [-0.2, -0.15) is 8.78 Å². The number of esters is 1. The van der Waals surface area contributed by atoms with Crippen LogP contribution in [0.25, 0.3) is 0 Å². The first-order chi connectivity index (χ1) is 16.5. The molecule has 4 unspecified atom stereocenters. The molecule has 3 aliphatic rings. The molecule has 5 heteroatoms. The van der Waals surface area contributed by atoms with E-state index in [1.165, 1.54) is 83.5 Å². The van der Waals surface area contributed by atoms with Crippen LogP contribution in [-0.4, -0.2) is 13.1 Å². The molecule has 0 N–H and O–H groups in total. The fourth-order valence-corrected chi connectivity index (χ4v) is 7.16. The Morgan fingerprint density at radius 3 is 2.12 bits per heavy atom. The van der Waals surface area contributed by atoms with Crippen LogP contribution in [0.1, 0.15) is 96.8 Å². The summed E-state index contributed by atoms with van der Waals surface area (Å²) in [6.45, 7) is 2.29. The summed E-state index contributed by atoms with van der Waals surface area (Å²) in [4.78, 5) is 12.6.